The van der Waals surface area contributed by atoms with Gasteiger partial charge in [0.2, 0.25) is 0 Å². The maximum atomic E-state index is 12.7. The van der Waals surface area contributed by atoms with Crippen molar-refractivity contribution >= 4 is 61.1 Å². The van der Waals surface area contributed by atoms with Crippen molar-refractivity contribution in [3.05, 3.63) is 57.6 Å². The number of unbranched alkanes of at least 4 members (excludes halogenated alkanes) is 1. The predicted octanol–water partition coefficient (Wildman–Crippen LogP) is 4.47. The first-order valence-corrected chi connectivity index (χ1v) is 13.3. The number of carboxylic acids is 1. The molecule has 174 valence electrons. The molecule has 0 saturated heterocycles. The molecule has 0 aliphatic heterocycles. The van der Waals surface area contributed by atoms with Gasteiger partial charge in [-0.05, 0) is 73.6 Å². The number of aliphatic carboxylic acids is 1. The Morgan fingerprint density at radius 1 is 1.16 bits per heavy atom. The number of carbonyl (C=O) groups excluding carboxylic acids is 1. The minimum Gasteiger partial charge on any atom is -0.508 e. The van der Waals surface area contributed by atoms with Crippen molar-refractivity contribution in [3.63, 3.8) is 0 Å². The lowest BCUT2D eigenvalue weighted by atomic mass is 10.1. The number of aromatic hydroxyl groups is 1. The van der Waals surface area contributed by atoms with E-state index in [1.54, 1.807) is 24.3 Å². The van der Waals surface area contributed by atoms with Crippen molar-refractivity contribution in [2.45, 2.75) is 31.7 Å². The molecule has 2 rings (SSSR count). The first-order valence-electron chi connectivity index (χ1n) is 10.1. The number of phenols is 1. The third-order valence-corrected chi connectivity index (χ3v) is 7.84. The van der Waals surface area contributed by atoms with E-state index in [1.165, 1.54) is 0 Å². The standard InChI is InChI=1S/C22H27Cl2N2O4PS/c1-31(16-6-4-5-15(27)13-16)10-8-14-11-17(23)20(18(24)12-14)21(28)26-19(22(29)30)7-2-3-9-25-32/h4-6,11-13,19,25,27,32H,2-3,7-10H2,1H3,(H,26,28)(H,29,30). The van der Waals surface area contributed by atoms with Crippen LogP contribution >= 0.6 is 43.9 Å². The van der Waals surface area contributed by atoms with Crippen LogP contribution < -0.4 is 15.3 Å². The second kappa shape index (κ2) is 13.3. The minimum atomic E-state index is -1.11. The van der Waals surface area contributed by atoms with Crippen LogP contribution in [0.3, 0.4) is 0 Å². The van der Waals surface area contributed by atoms with Crippen molar-refractivity contribution in [3.8, 4) is 5.75 Å². The number of benzene rings is 2. The molecule has 4 N–H and O–H groups in total. The van der Waals surface area contributed by atoms with Crippen LogP contribution in [0.5, 0.6) is 5.75 Å². The van der Waals surface area contributed by atoms with Gasteiger partial charge in [0.15, 0.2) is 0 Å². The van der Waals surface area contributed by atoms with Crippen molar-refractivity contribution in [2.75, 3.05) is 19.4 Å². The van der Waals surface area contributed by atoms with Gasteiger partial charge in [0, 0.05) is 6.54 Å². The molecule has 1 amide bonds. The third-order valence-electron chi connectivity index (χ3n) is 4.97. The summed E-state index contributed by atoms with van der Waals surface area (Å²) in [6, 6.07) is 9.60. The van der Waals surface area contributed by atoms with E-state index >= 15 is 0 Å². The summed E-state index contributed by atoms with van der Waals surface area (Å²) in [4.78, 5) is 24.2. The summed E-state index contributed by atoms with van der Waals surface area (Å²) in [6.07, 6.45) is 3.21. The highest BCUT2D eigenvalue weighted by molar-refractivity contribution is 7.78. The monoisotopic (exact) mass is 516 g/mol. The summed E-state index contributed by atoms with van der Waals surface area (Å²) in [6.45, 7) is 2.78. The minimum absolute atomic E-state index is 0.0760. The number of halogens is 2. The smallest absolute Gasteiger partial charge is 0.326 e. The Kier molecular flexibility index (Phi) is 11.1. The fourth-order valence-electron chi connectivity index (χ4n) is 3.18. The van der Waals surface area contributed by atoms with E-state index in [4.69, 9.17) is 23.2 Å². The first-order chi connectivity index (χ1) is 15.2. The maximum Gasteiger partial charge on any atom is 0.326 e. The van der Waals surface area contributed by atoms with Crippen molar-refractivity contribution in [2.24, 2.45) is 0 Å². The molecule has 0 aliphatic carbocycles. The Balaban J connectivity index is 2.04. The Morgan fingerprint density at radius 2 is 1.84 bits per heavy atom. The quantitative estimate of drug-likeness (QED) is 0.163. The molecule has 0 fully saturated rings. The zero-order valence-corrected chi connectivity index (χ0v) is 20.9. The molecule has 2 aromatic carbocycles. The van der Waals surface area contributed by atoms with E-state index in [-0.39, 0.29) is 21.4 Å². The van der Waals surface area contributed by atoms with Crippen LogP contribution in [-0.2, 0) is 11.2 Å². The van der Waals surface area contributed by atoms with Crippen molar-refractivity contribution in [1.82, 2.24) is 10.0 Å². The molecule has 0 radical (unpaired) electrons. The molecule has 0 spiro atoms. The number of phenolic OH excluding ortho intramolecular Hbond substituents is 1. The summed E-state index contributed by atoms with van der Waals surface area (Å²) in [5.41, 5.74) is 0.965. The molecule has 0 saturated carbocycles. The molecule has 6 nitrogen and oxygen atoms in total. The fraction of sp³-hybridized carbons (Fsp3) is 0.364. The predicted molar refractivity (Wildman–Crippen MR) is 135 cm³/mol. The second-order valence-electron chi connectivity index (χ2n) is 7.39. The van der Waals surface area contributed by atoms with E-state index < -0.39 is 25.8 Å². The molecular formula is C22H27Cl2N2O4PS. The lowest BCUT2D eigenvalue weighted by Crippen LogP contribution is -2.41. The van der Waals surface area contributed by atoms with Gasteiger partial charge >= 0.3 is 5.97 Å². The largest absolute Gasteiger partial charge is 0.508 e. The van der Waals surface area contributed by atoms with Crippen molar-refractivity contribution in [1.29, 1.82) is 0 Å². The average molecular weight is 517 g/mol. The number of amides is 1. The molecule has 2 unspecified atom stereocenters. The van der Waals surface area contributed by atoms with Crippen LogP contribution in [0, 0.1) is 0 Å². The molecule has 0 aliphatic rings. The highest BCUT2D eigenvalue weighted by Gasteiger charge is 2.23. The zero-order valence-electron chi connectivity index (χ0n) is 17.6. The number of hydrogen-bond acceptors (Lipinski definition) is 5. The topological polar surface area (TPSA) is 98.7 Å². The maximum absolute atomic E-state index is 12.7. The van der Waals surface area contributed by atoms with Gasteiger partial charge in [-0.1, -0.05) is 56.1 Å². The summed E-state index contributed by atoms with van der Waals surface area (Å²) in [5.74, 6) is -1.47. The van der Waals surface area contributed by atoms with Gasteiger partial charge in [-0.15, -0.1) is 0 Å². The van der Waals surface area contributed by atoms with Gasteiger partial charge < -0.3 is 15.5 Å². The van der Waals surface area contributed by atoms with E-state index in [9.17, 15) is 19.8 Å². The second-order valence-corrected chi connectivity index (χ2v) is 10.9. The van der Waals surface area contributed by atoms with Crippen LogP contribution in [0.15, 0.2) is 36.4 Å². The molecule has 2 atom stereocenters. The molecular weight excluding hydrogens is 490 g/mol. The summed E-state index contributed by atoms with van der Waals surface area (Å²) in [5, 5.41) is 23.1. The zero-order chi connectivity index (χ0) is 23.7. The van der Waals surface area contributed by atoms with Crippen LogP contribution in [0.2, 0.25) is 10.0 Å². The number of nitrogens with one attached hydrogen (secondary N) is 2. The first kappa shape index (κ1) is 26.7. The Labute approximate surface area is 205 Å². The van der Waals surface area contributed by atoms with E-state index in [2.05, 4.69) is 29.5 Å². The van der Waals surface area contributed by atoms with Crippen LogP contribution in [0.4, 0.5) is 0 Å². The van der Waals surface area contributed by atoms with Gasteiger partial charge in [-0.2, -0.15) is 0 Å². The van der Waals surface area contributed by atoms with Crippen LogP contribution in [0.25, 0.3) is 0 Å². The molecule has 2 aromatic rings. The van der Waals surface area contributed by atoms with Gasteiger partial charge in [0.25, 0.3) is 5.91 Å². The van der Waals surface area contributed by atoms with E-state index in [0.29, 0.717) is 25.8 Å². The Hall–Kier alpha value is -1.50. The van der Waals surface area contributed by atoms with Gasteiger partial charge in [-0.25, -0.2) is 4.79 Å². The van der Waals surface area contributed by atoms with Gasteiger partial charge in [0.05, 0.1) is 15.6 Å². The summed E-state index contributed by atoms with van der Waals surface area (Å²) < 4.78 is 2.70. The number of carbonyl (C=O) groups is 2. The lowest BCUT2D eigenvalue weighted by molar-refractivity contribution is -0.139. The number of rotatable bonds is 12. The molecule has 0 bridgehead atoms. The van der Waals surface area contributed by atoms with Gasteiger partial charge in [-0.3, -0.25) is 9.52 Å². The van der Waals surface area contributed by atoms with Crippen LogP contribution in [-0.4, -0.2) is 47.5 Å². The molecule has 32 heavy (non-hydrogen) atoms. The Morgan fingerprint density at radius 3 is 2.44 bits per heavy atom. The number of aryl methyl sites for hydroxylation is 1. The SMILES string of the molecule is CP(CCc1cc(Cl)c(C(=O)NC(CCCCNS)C(=O)O)c(Cl)c1)c1cccc(O)c1. The van der Waals surface area contributed by atoms with E-state index in [0.717, 1.165) is 23.5 Å². The fourth-order valence-corrected chi connectivity index (χ4v) is 5.59. The summed E-state index contributed by atoms with van der Waals surface area (Å²) in [7, 11) is -0.483. The normalized spacial score (nSPS) is 12.9. The third kappa shape index (κ3) is 8.13. The molecule has 0 heterocycles. The Bertz CT molecular complexity index is 925. The van der Waals surface area contributed by atoms with Crippen molar-refractivity contribution < 1.29 is 19.8 Å². The number of thiol groups is 1. The highest BCUT2D eigenvalue weighted by Crippen LogP contribution is 2.33. The molecule has 0 aromatic heterocycles. The van der Waals surface area contributed by atoms with E-state index in [1.807, 2.05) is 12.1 Å². The molecule has 10 heteroatoms. The average Bonchev–Trinajstić information content (AvgIpc) is 2.73. The summed E-state index contributed by atoms with van der Waals surface area (Å²) >= 11 is 16.6. The number of carboxylic acid groups (broad SMARTS) is 1. The lowest BCUT2D eigenvalue weighted by Gasteiger charge is -2.17. The number of hydrogen-bond donors (Lipinski definition) is 5. The van der Waals surface area contributed by atoms with Crippen LogP contribution in [0.1, 0.15) is 35.2 Å². The highest BCUT2D eigenvalue weighted by atomic mass is 35.5. The van der Waals surface area contributed by atoms with Gasteiger partial charge in [0.1, 0.15) is 11.8 Å².